The highest BCUT2D eigenvalue weighted by molar-refractivity contribution is 7.91. The van der Waals surface area contributed by atoms with Crippen molar-refractivity contribution >= 4 is 32.9 Å². The van der Waals surface area contributed by atoms with Gasteiger partial charge in [-0.1, -0.05) is 37.6 Å². The molecule has 0 spiro atoms. The van der Waals surface area contributed by atoms with Crippen LogP contribution >= 0.6 is 0 Å². The van der Waals surface area contributed by atoms with Gasteiger partial charge in [0.25, 0.3) is 5.91 Å². The van der Waals surface area contributed by atoms with Crippen molar-refractivity contribution in [2.75, 3.05) is 29.6 Å². The monoisotopic (exact) mass is 464 g/mol. The molecule has 33 heavy (non-hydrogen) atoms. The fraction of sp³-hybridized carbons (Fsp3) is 0.320. The first kappa shape index (κ1) is 22.9. The number of nitrogens with zero attached hydrogens (tertiary/aromatic N) is 4. The van der Waals surface area contributed by atoms with Crippen LogP contribution < -0.4 is 9.80 Å². The molecule has 1 aliphatic rings. The third-order valence-electron chi connectivity index (χ3n) is 5.91. The number of hydrogen-bond acceptors (Lipinski definition) is 6. The van der Waals surface area contributed by atoms with Crippen molar-refractivity contribution in [2.45, 2.75) is 37.5 Å². The van der Waals surface area contributed by atoms with Gasteiger partial charge in [-0.15, -0.1) is 0 Å². The Bertz CT molecular complexity index is 1270. The predicted octanol–water partition coefficient (Wildman–Crippen LogP) is 4.19. The molecule has 0 bridgehead atoms. The Morgan fingerprint density at radius 2 is 1.64 bits per heavy atom. The molecule has 4 rings (SSSR count). The van der Waals surface area contributed by atoms with Crippen molar-refractivity contribution in [3.63, 3.8) is 0 Å². The average Bonchev–Trinajstić information content (AvgIpc) is 2.90. The van der Waals surface area contributed by atoms with E-state index in [0.29, 0.717) is 40.6 Å². The molecule has 7 nitrogen and oxygen atoms in total. The zero-order valence-electron chi connectivity index (χ0n) is 19.2. The van der Waals surface area contributed by atoms with Crippen molar-refractivity contribution in [2.24, 2.45) is 0 Å². The first-order valence-electron chi connectivity index (χ1n) is 11.1. The normalized spacial score (nSPS) is 13.5. The number of aromatic nitrogens is 2. The Morgan fingerprint density at radius 3 is 2.36 bits per heavy atom. The maximum atomic E-state index is 12.9. The van der Waals surface area contributed by atoms with Crippen LogP contribution in [0.2, 0.25) is 0 Å². The Morgan fingerprint density at radius 1 is 0.909 bits per heavy atom. The average molecular weight is 465 g/mol. The van der Waals surface area contributed by atoms with Gasteiger partial charge in [0, 0.05) is 20.5 Å². The molecule has 0 saturated carbocycles. The van der Waals surface area contributed by atoms with Crippen LogP contribution in [0.5, 0.6) is 0 Å². The van der Waals surface area contributed by atoms with Crippen molar-refractivity contribution in [3.8, 4) is 0 Å². The van der Waals surface area contributed by atoms with Gasteiger partial charge in [0.2, 0.25) is 0 Å². The highest BCUT2D eigenvalue weighted by atomic mass is 32.2. The van der Waals surface area contributed by atoms with E-state index in [-0.39, 0.29) is 11.7 Å². The van der Waals surface area contributed by atoms with Gasteiger partial charge in [-0.2, -0.15) is 0 Å². The second-order valence-corrected chi connectivity index (χ2v) is 10.4. The minimum Gasteiger partial charge on any atom is -0.327 e. The van der Waals surface area contributed by atoms with Crippen LogP contribution in [-0.2, 0) is 22.7 Å². The summed E-state index contributed by atoms with van der Waals surface area (Å²) in [5.74, 6) is 1.07. The van der Waals surface area contributed by atoms with Gasteiger partial charge in [-0.25, -0.2) is 18.4 Å². The molecule has 2 aromatic carbocycles. The van der Waals surface area contributed by atoms with Crippen LogP contribution in [0.3, 0.4) is 0 Å². The van der Waals surface area contributed by atoms with Crippen molar-refractivity contribution in [1.82, 2.24) is 9.97 Å². The Balaban J connectivity index is 1.50. The van der Waals surface area contributed by atoms with E-state index in [0.717, 1.165) is 24.1 Å². The SMILES string of the molecule is CCCc1ccc(S(=O)(=O)CCCc2ncc3c(n2)N(C)c2ccccc2C(=O)N3C)cc1. The van der Waals surface area contributed by atoms with Crippen LogP contribution in [-0.4, -0.2) is 44.1 Å². The molecule has 0 radical (unpaired) electrons. The van der Waals surface area contributed by atoms with Gasteiger partial charge in [0.05, 0.1) is 28.1 Å². The molecule has 0 atom stereocenters. The Hall–Kier alpha value is -3.26. The second kappa shape index (κ2) is 9.31. The van der Waals surface area contributed by atoms with E-state index in [1.54, 1.807) is 36.3 Å². The second-order valence-electron chi connectivity index (χ2n) is 8.25. The quantitative estimate of drug-likeness (QED) is 0.521. The van der Waals surface area contributed by atoms with Gasteiger partial charge in [-0.05, 0) is 42.7 Å². The van der Waals surface area contributed by atoms with E-state index in [4.69, 9.17) is 0 Å². The summed E-state index contributed by atoms with van der Waals surface area (Å²) in [5.41, 5.74) is 3.12. The number of para-hydroxylation sites is 1. The summed E-state index contributed by atoms with van der Waals surface area (Å²) in [6, 6.07) is 14.6. The molecule has 0 fully saturated rings. The molecule has 1 amide bonds. The summed E-state index contributed by atoms with van der Waals surface area (Å²) in [7, 11) is 0.204. The molecule has 0 N–H and O–H groups in total. The summed E-state index contributed by atoms with van der Waals surface area (Å²) in [6.45, 7) is 2.10. The van der Waals surface area contributed by atoms with Crippen LogP contribution in [0.25, 0.3) is 0 Å². The molecular formula is C25H28N4O3S. The lowest BCUT2D eigenvalue weighted by atomic mass is 10.1. The summed E-state index contributed by atoms with van der Waals surface area (Å²) < 4.78 is 25.5. The molecule has 0 unspecified atom stereocenters. The van der Waals surface area contributed by atoms with Gasteiger partial charge in [0.1, 0.15) is 11.5 Å². The highest BCUT2D eigenvalue weighted by Gasteiger charge is 2.28. The Labute approximate surface area is 195 Å². The minimum atomic E-state index is -3.37. The first-order valence-corrected chi connectivity index (χ1v) is 12.8. The molecule has 1 aliphatic heterocycles. The molecule has 8 heteroatoms. The van der Waals surface area contributed by atoms with Gasteiger partial charge >= 0.3 is 0 Å². The van der Waals surface area contributed by atoms with E-state index in [2.05, 4.69) is 16.9 Å². The maximum absolute atomic E-state index is 12.9. The third-order valence-corrected chi connectivity index (χ3v) is 7.73. The van der Waals surface area contributed by atoms with Crippen LogP contribution in [0.4, 0.5) is 17.2 Å². The smallest absolute Gasteiger partial charge is 0.260 e. The number of carbonyl (C=O) groups is 1. The van der Waals surface area contributed by atoms with E-state index >= 15 is 0 Å². The van der Waals surface area contributed by atoms with Crippen molar-refractivity contribution in [3.05, 3.63) is 71.7 Å². The number of anilines is 3. The van der Waals surface area contributed by atoms with Crippen molar-refractivity contribution in [1.29, 1.82) is 0 Å². The number of hydrogen-bond donors (Lipinski definition) is 0. The highest BCUT2D eigenvalue weighted by Crippen LogP contribution is 2.37. The molecule has 0 saturated heterocycles. The summed E-state index contributed by atoms with van der Waals surface area (Å²) >= 11 is 0. The fourth-order valence-electron chi connectivity index (χ4n) is 4.05. The molecule has 1 aromatic heterocycles. The summed E-state index contributed by atoms with van der Waals surface area (Å²) in [6.07, 6.45) is 4.44. The van der Waals surface area contributed by atoms with Crippen LogP contribution in [0.1, 0.15) is 41.5 Å². The van der Waals surface area contributed by atoms with E-state index in [1.165, 1.54) is 0 Å². The summed E-state index contributed by atoms with van der Waals surface area (Å²) in [4.78, 5) is 25.8. The predicted molar refractivity (Wildman–Crippen MR) is 130 cm³/mol. The zero-order chi connectivity index (χ0) is 23.6. The van der Waals surface area contributed by atoms with E-state index in [1.807, 2.05) is 42.3 Å². The lowest BCUT2D eigenvalue weighted by molar-refractivity contribution is 0.0994. The third kappa shape index (κ3) is 4.61. The van der Waals surface area contributed by atoms with Gasteiger partial charge in [-0.3, -0.25) is 4.79 Å². The topological polar surface area (TPSA) is 83.5 Å². The van der Waals surface area contributed by atoms with Crippen LogP contribution in [0, 0.1) is 0 Å². The summed E-state index contributed by atoms with van der Waals surface area (Å²) in [5, 5.41) is 0. The number of sulfone groups is 1. The molecule has 0 aliphatic carbocycles. The number of benzene rings is 2. The maximum Gasteiger partial charge on any atom is 0.260 e. The number of amides is 1. The van der Waals surface area contributed by atoms with Crippen LogP contribution in [0.15, 0.2) is 59.6 Å². The lowest BCUT2D eigenvalue weighted by Crippen LogP contribution is -2.25. The Kier molecular flexibility index (Phi) is 6.47. The zero-order valence-corrected chi connectivity index (χ0v) is 20.0. The van der Waals surface area contributed by atoms with Crippen molar-refractivity contribution < 1.29 is 13.2 Å². The fourth-order valence-corrected chi connectivity index (χ4v) is 5.36. The first-order chi connectivity index (χ1) is 15.8. The number of rotatable bonds is 7. The number of fused-ring (bicyclic) bond motifs is 2. The largest absolute Gasteiger partial charge is 0.327 e. The lowest BCUT2D eigenvalue weighted by Gasteiger charge is -2.21. The molecule has 3 aromatic rings. The number of carbonyl (C=O) groups excluding carboxylic acids is 1. The minimum absolute atomic E-state index is 0.0254. The van der Waals surface area contributed by atoms with Gasteiger partial charge in [0.15, 0.2) is 15.7 Å². The molecule has 172 valence electrons. The van der Waals surface area contributed by atoms with E-state index < -0.39 is 9.84 Å². The molecule has 2 heterocycles. The van der Waals surface area contributed by atoms with E-state index in [9.17, 15) is 13.2 Å². The standard InChI is InChI=1S/C25H28N4O3S/c1-4-8-18-12-14-19(15-13-18)33(31,32)16-7-11-23-26-17-22-24(27-23)28(2)21-10-6-5-9-20(21)25(30)29(22)3/h5-6,9-10,12-15,17H,4,7-8,11,16H2,1-3H3. The number of aryl methyl sites for hydroxylation is 2. The molecular weight excluding hydrogens is 436 g/mol. The van der Waals surface area contributed by atoms with Gasteiger partial charge < -0.3 is 9.80 Å².